The van der Waals surface area contributed by atoms with Crippen molar-refractivity contribution >= 4 is 27.5 Å². The molecule has 21 heavy (non-hydrogen) atoms. The molecule has 1 aromatic carbocycles. The molecule has 0 fully saturated rings. The molecule has 0 aliphatic carbocycles. The number of hydrogen-bond donors (Lipinski definition) is 1. The Balaban J connectivity index is 2.83. The van der Waals surface area contributed by atoms with Gasteiger partial charge < -0.3 is 5.32 Å². The molecule has 0 unspecified atom stereocenters. The van der Waals surface area contributed by atoms with E-state index in [0.29, 0.717) is 6.54 Å². The van der Waals surface area contributed by atoms with Gasteiger partial charge in [-0.25, -0.2) is 4.39 Å². The molecular formula is C14H18BrFN2O3. The smallest absolute Gasteiger partial charge is 0.272 e. The lowest BCUT2D eigenvalue weighted by Crippen LogP contribution is -2.38. The maximum Gasteiger partial charge on any atom is 0.272 e. The molecule has 0 aromatic heterocycles. The van der Waals surface area contributed by atoms with Crippen molar-refractivity contribution in [2.24, 2.45) is 5.41 Å². The van der Waals surface area contributed by atoms with Gasteiger partial charge in [-0.05, 0) is 24.3 Å². The zero-order valence-corrected chi connectivity index (χ0v) is 13.6. The lowest BCUT2D eigenvalue weighted by molar-refractivity contribution is -0.385. The number of benzene rings is 1. The van der Waals surface area contributed by atoms with Crippen LogP contribution in [0.15, 0.2) is 18.2 Å². The van der Waals surface area contributed by atoms with Crippen molar-refractivity contribution in [2.45, 2.75) is 26.7 Å². The lowest BCUT2D eigenvalue weighted by Gasteiger charge is -2.29. The predicted molar refractivity (Wildman–Crippen MR) is 82.2 cm³/mol. The minimum absolute atomic E-state index is 0.0765. The van der Waals surface area contributed by atoms with Crippen LogP contribution >= 0.6 is 15.9 Å². The molecule has 0 aliphatic heterocycles. The predicted octanol–water partition coefficient (Wildman–Crippen LogP) is 3.67. The van der Waals surface area contributed by atoms with Gasteiger partial charge in [0, 0.05) is 17.9 Å². The molecule has 1 rings (SSSR count). The van der Waals surface area contributed by atoms with E-state index < -0.39 is 16.6 Å². The highest BCUT2D eigenvalue weighted by Gasteiger charge is 2.26. The van der Waals surface area contributed by atoms with Gasteiger partial charge in [-0.15, -0.1) is 0 Å². The first-order valence-corrected chi connectivity index (χ1v) is 7.79. The first-order valence-electron chi connectivity index (χ1n) is 6.67. The maximum atomic E-state index is 13.8. The highest BCUT2D eigenvalue weighted by atomic mass is 79.9. The summed E-state index contributed by atoms with van der Waals surface area (Å²) >= 11 is 3.44. The Morgan fingerprint density at radius 3 is 2.48 bits per heavy atom. The normalized spacial score (nSPS) is 11.2. The van der Waals surface area contributed by atoms with Crippen LogP contribution in [0.25, 0.3) is 0 Å². The van der Waals surface area contributed by atoms with Gasteiger partial charge in [0.2, 0.25) is 0 Å². The standard InChI is InChI=1S/C14H18BrFN2O3/c1-3-14(4-2,8-15)9-17-13(19)11-6-5-10(18(20)21)7-12(11)16/h5-7H,3-4,8-9H2,1-2H3,(H,17,19). The van der Waals surface area contributed by atoms with Gasteiger partial charge in [-0.1, -0.05) is 29.8 Å². The molecule has 1 amide bonds. The van der Waals surface area contributed by atoms with Crippen LogP contribution in [0.3, 0.4) is 0 Å². The number of alkyl halides is 1. The Hall–Kier alpha value is -1.50. The number of halogens is 2. The van der Waals surface area contributed by atoms with E-state index >= 15 is 0 Å². The third-order valence-electron chi connectivity index (χ3n) is 3.82. The molecule has 0 spiro atoms. The van der Waals surface area contributed by atoms with Crippen LogP contribution in [0, 0.1) is 21.3 Å². The number of rotatable bonds is 7. The molecule has 0 saturated heterocycles. The number of nitrogens with zero attached hydrogens (tertiary/aromatic N) is 1. The van der Waals surface area contributed by atoms with Gasteiger partial charge >= 0.3 is 0 Å². The summed E-state index contributed by atoms with van der Waals surface area (Å²) in [7, 11) is 0. The monoisotopic (exact) mass is 360 g/mol. The summed E-state index contributed by atoms with van der Waals surface area (Å²) in [6.07, 6.45) is 1.75. The number of carbonyl (C=O) groups is 1. The summed E-state index contributed by atoms with van der Waals surface area (Å²) in [6, 6.07) is 3.01. The molecule has 0 aliphatic rings. The third-order valence-corrected chi connectivity index (χ3v) is 5.01. The summed E-state index contributed by atoms with van der Waals surface area (Å²) in [6.45, 7) is 4.48. The quantitative estimate of drug-likeness (QED) is 0.458. The topological polar surface area (TPSA) is 72.2 Å². The van der Waals surface area contributed by atoms with Crippen molar-refractivity contribution in [3.05, 3.63) is 39.7 Å². The summed E-state index contributed by atoms with van der Waals surface area (Å²) in [4.78, 5) is 21.8. The van der Waals surface area contributed by atoms with Crippen LogP contribution in [0.2, 0.25) is 0 Å². The second-order valence-corrected chi connectivity index (χ2v) is 5.51. The van der Waals surface area contributed by atoms with Crippen molar-refractivity contribution in [3.8, 4) is 0 Å². The Bertz CT molecular complexity index is 525. The number of hydrogen-bond acceptors (Lipinski definition) is 3. The molecule has 1 aromatic rings. The van der Waals surface area contributed by atoms with E-state index in [4.69, 9.17) is 0 Å². The van der Waals surface area contributed by atoms with Gasteiger partial charge in [0.15, 0.2) is 0 Å². The second kappa shape index (κ2) is 7.49. The van der Waals surface area contributed by atoms with Crippen LogP contribution in [0.4, 0.5) is 10.1 Å². The molecule has 116 valence electrons. The highest BCUT2D eigenvalue weighted by Crippen LogP contribution is 2.28. The molecule has 0 atom stereocenters. The van der Waals surface area contributed by atoms with Crippen molar-refractivity contribution in [2.75, 3.05) is 11.9 Å². The Kier molecular flexibility index (Phi) is 6.26. The molecular weight excluding hydrogens is 343 g/mol. The first kappa shape index (κ1) is 17.6. The number of nitro benzene ring substituents is 1. The number of non-ortho nitro benzene ring substituents is 1. The van der Waals surface area contributed by atoms with E-state index in [1.165, 1.54) is 0 Å². The zero-order valence-electron chi connectivity index (χ0n) is 12.0. The molecule has 0 heterocycles. The molecule has 5 nitrogen and oxygen atoms in total. The van der Waals surface area contributed by atoms with Gasteiger partial charge in [0.1, 0.15) is 5.82 Å². The zero-order chi connectivity index (χ0) is 16.0. The molecule has 1 N–H and O–H groups in total. The number of amides is 1. The first-order chi connectivity index (χ1) is 9.89. The maximum absolute atomic E-state index is 13.8. The van der Waals surface area contributed by atoms with E-state index in [1.54, 1.807) is 0 Å². The Labute approximate surface area is 131 Å². The van der Waals surface area contributed by atoms with E-state index in [-0.39, 0.29) is 16.7 Å². The summed E-state index contributed by atoms with van der Waals surface area (Å²) in [5.41, 5.74) is -0.635. The summed E-state index contributed by atoms with van der Waals surface area (Å²) < 4.78 is 13.8. The van der Waals surface area contributed by atoms with E-state index in [1.807, 2.05) is 13.8 Å². The van der Waals surface area contributed by atoms with Gasteiger partial charge in [-0.3, -0.25) is 14.9 Å². The minimum atomic E-state index is -0.890. The number of nitrogens with one attached hydrogen (secondary N) is 1. The van der Waals surface area contributed by atoms with Crippen molar-refractivity contribution in [1.82, 2.24) is 5.32 Å². The number of carbonyl (C=O) groups excluding carboxylic acids is 1. The van der Waals surface area contributed by atoms with Crippen molar-refractivity contribution in [1.29, 1.82) is 0 Å². The summed E-state index contributed by atoms with van der Waals surface area (Å²) in [5.74, 6) is -1.45. The Morgan fingerprint density at radius 1 is 1.43 bits per heavy atom. The summed E-state index contributed by atoms with van der Waals surface area (Å²) in [5, 5.41) is 14.0. The van der Waals surface area contributed by atoms with Crippen LogP contribution in [0.5, 0.6) is 0 Å². The molecule has 0 radical (unpaired) electrons. The van der Waals surface area contributed by atoms with E-state index in [9.17, 15) is 19.3 Å². The molecule has 0 bridgehead atoms. The fourth-order valence-electron chi connectivity index (χ4n) is 1.90. The van der Waals surface area contributed by atoms with Gasteiger partial charge in [0.05, 0.1) is 16.6 Å². The SMILES string of the molecule is CCC(CC)(CBr)CNC(=O)c1ccc([N+](=O)[O-])cc1F. The van der Waals surface area contributed by atoms with Crippen molar-refractivity contribution < 1.29 is 14.1 Å². The van der Waals surface area contributed by atoms with Gasteiger partial charge in [0.25, 0.3) is 11.6 Å². The van der Waals surface area contributed by atoms with Gasteiger partial charge in [-0.2, -0.15) is 0 Å². The van der Waals surface area contributed by atoms with Crippen LogP contribution in [-0.2, 0) is 0 Å². The average molecular weight is 361 g/mol. The Morgan fingerprint density at radius 2 is 2.05 bits per heavy atom. The van der Waals surface area contributed by atoms with Crippen LogP contribution < -0.4 is 5.32 Å². The largest absolute Gasteiger partial charge is 0.351 e. The van der Waals surface area contributed by atoms with Crippen LogP contribution in [-0.4, -0.2) is 22.7 Å². The van der Waals surface area contributed by atoms with Crippen molar-refractivity contribution in [3.63, 3.8) is 0 Å². The third kappa shape index (κ3) is 4.23. The second-order valence-electron chi connectivity index (χ2n) is 4.94. The van der Waals surface area contributed by atoms with E-state index in [2.05, 4.69) is 21.2 Å². The minimum Gasteiger partial charge on any atom is -0.351 e. The fourth-order valence-corrected chi connectivity index (χ4v) is 2.89. The molecule has 0 saturated carbocycles. The average Bonchev–Trinajstić information content (AvgIpc) is 2.48. The lowest BCUT2D eigenvalue weighted by atomic mass is 9.84. The van der Waals surface area contributed by atoms with E-state index in [0.717, 1.165) is 36.4 Å². The fraction of sp³-hybridized carbons (Fsp3) is 0.500. The molecule has 7 heteroatoms. The van der Waals surface area contributed by atoms with Crippen LogP contribution in [0.1, 0.15) is 37.0 Å². The highest BCUT2D eigenvalue weighted by molar-refractivity contribution is 9.09. The number of nitro groups is 1.